The van der Waals surface area contributed by atoms with Crippen LogP contribution in [-0.2, 0) is 16.6 Å². The average Bonchev–Trinajstić information content (AvgIpc) is 2.80. The number of hydrogen-bond donors (Lipinski definition) is 2. The first kappa shape index (κ1) is 15.4. The van der Waals surface area contributed by atoms with Gasteiger partial charge in [0.05, 0.1) is 18.2 Å². The Balaban J connectivity index is 1.94. The van der Waals surface area contributed by atoms with E-state index in [9.17, 15) is 9.59 Å². The van der Waals surface area contributed by atoms with E-state index in [0.29, 0.717) is 25.1 Å². The van der Waals surface area contributed by atoms with Crippen LogP contribution in [0.25, 0.3) is 0 Å². The van der Waals surface area contributed by atoms with Crippen molar-refractivity contribution in [1.82, 2.24) is 4.57 Å². The Bertz CT molecular complexity index is 516. The van der Waals surface area contributed by atoms with Gasteiger partial charge in [-0.1, -0.05) is 0 Å². The predicted molar refractivity (Wildman–Crippen MR) is 78.4 cm³/mol. The van der Waals surface area contributed by atoms with Gasteiger partial charge in [-0.05, 0) is 38.7 Å². The molecule has 0 atom stereocenters. The number of aryl methyl sites for hydroxylation is 1. The summed E-state index contributed by atoms with van der Waals surface area (Å²) in [5.41, 5.74) is 1.39. The van der Waals surface area contributed by atoms with Crippen molar-refractivity contribution in [2.24, 2.45) is 13.0 Å². The van der Waals surface area contributed by atoms with Gasteiger partial charge in [-0.15, -0.1) is 0 Å². The molecule has 0 unspecified atom stereocenters. The van der Waals surface area contributed by atoms with Crippen LogP contribution in [0.1, 0.15) is 43.1 Å². The van der Waals surface area contributed by atoms with Gasteiger partial charge in [0.25, 0.3) is 0 Å². The van der Waals surface area contributed by atoms with Crippen LogP contribution < -0.4 is 5.32 Å². The molecule has 2 rings (SSSR count). The molecule has 1 saturated carbocycles. The van der Waals surface area contributed by atoms with Gasteiger partial charge in [0.2, 0.25) is 0 Å². The molecule has 21 heavy (non-hydrogen) atoms. The zero-order valence-corrected chi connectivity index (χ0v) is 12.5. The van der Waals surface area contributed by atoms with Gasteiger partial charge in [0, 0.05) is 19.3 Å². The zero-order chi connectivity index (χ0) is 15.4. The SMILES string of the molecule is CCOC(=O)c1cc(NC2CCC(C(=O)O)CC2)cn1C. The number of carboxylic acid groups (broad SMARTS) is 1. The van der Waals surface area contributed by atoms with Crippen LogP contribution >= 0.6 is 0 Å². The first-order valence-corrected chi connectivity index (χ1v) is 7.34. The maximum atomic E-state index is 11.8. The lowest BCUT2D eigenvalue weighted by atomic mass is 9.86. The van der Waals surface area contributed by atoms with E-state index < -0.39 is 5.97 Å². The molecule has 0 spiro atoms. The molecule has 0 bridgehead atoms. The van der Waals surface area contributed by atoms with Crippen molar-refractivity contribution >= 4 is 17.6 Å². The molecule has 1 aromatic rings. The Morgan fingerprint density at radius 3 is 2.62 bits per heavy atom. The van der Waals surface area contributed by atoms with E-state index in [-0.39, 0.29) is 17.9 Å². The number of carbonyl (C=O) groups excluding carboxylic acids is 1. The summed E-state index contributed by atoms with van der Waals surface area (Å²) in [6, 6.07) is 2.04. The van der Waals surface area contributed by atoms with Crippen LogP contribution in [0, 0.1) is 5.92 Å². The first-order valence-electron chi connectivity index (χ1n) is 7.34. The minimum Gasteiger partial charge on any atom is -0.481 e. The summed E-state index contributed by atoms with van der Waals surface area (Å²) >= 11 is 0. The number of carbonyl (C=O) groups is 2. The first-order chi connectivity index (χ1) is 10.0. The molecule has 2 N–H and O–H groups in total. The van der Waals surface area contributed by atoms with Crippen LogP contribution in [0.15, 0.2) is 12.3 Å². The van der Waals surface area contributed by atoms with Crippen molar-refractivity contribution in [3.63, 3.8) is 0 Å². The summed E-state index contributed by atoms with van der Waals surface area (Å²) in [5.74, 6) is -1.24. The molecule has 0 saturated heterocycles. The fourth-order valence-electron chi connectivity index (χ4n) is 2.77. The van der Waals surface area contributed by atoms with Crippen molar-refractivity contribution in [2.75, 3.05) is 11.9 Å². The maximum absolute atomic E-state index is 11.8. The van der Waals surface area contributed by atoms with Crippen molar-refractivity contribution in [2.45, 2.75) is 38.6 Å². The quantitative estimate of drug-likeness (QED) is 0.814. The fourth-order valence-corrected chi connectivity index (χ4v) is 2.77. The normalized spacial score (nSPS) is 21.8. The van der Waals surface area contributed by atoms with E-state index in [2.05, 4.69) is 5.32 Å². The van der Waals surface area contributed by atoms with Crippen LogP contribution in [0.2, 0.25) is 0 Å². The highest BCUT2D eigenvalue weighted by Gasteiger charge is 2.26. The highest BCUT2D eigenvalue weighted by molar-refractivity contribution is 5.89. The van der Waals surface area contributed by atoms with Crippen LogP contribution in [0.5, 0.6) is 0 Å². The lowest BCUT2D eigenvalue weighted by molar-refractivity contribution is -0.142. The second-order valence-corrected chi connectivity index (χ2v) is 5.48. The van der Waals surface area contributed by atoms with Crippen molar-refractivity contribution in [1.29, 1.82) is 0 Å². The maximum Gasteiger partial charge on any atom is 0.355 e. The fraction of sp³-hybridized carbons (Fsp3) is 0.600. The molecular formula is C15H22N2O4. The summed E-state index contributed by atoms with van der Waals surface area (Å²) in [7, 11) is 1.80. The van der Waals surface area contributed by atoms with Crippen molar-refractivity contribution in [3.8, 4) is 0 Å². The van der Waals surface area contributed by atoms with Gasteiger partial charge in [-0.3, -0.25) is 4.79 Å². The molecule has 0 aliphatic heterocycles. The van der Waals surface area contributed by atoms with Crippen molar-refractivity contribution < 1.29 is 19.4 Å². The van der Waals surface area contributed by atoms with E-state index in [1.165, 1.54) is 0 Å². The lowest BCUT2D eigenvalue weighted by Crippen LogP contribution is -2.29. The third-order valence-corrected chi connectivity index (χ3v) is 3.94. The number of nitrogens with zero attached hydrogens (tertiary/aromatic N) is 1. The van der Waals surface area contributed by atoms with Gasteiger partial charge >= 0.3 is 11.9 Å². The molecule has 0 radical (unpaired) electrons. The number of nitrogens with one attached hydrogen (secondary N) is 1. The van der Waals surface area contributed by atoms with Gasteiger partial charge in [0.1, 0.15) is 5.69 Å². The number of aliphatic carboxylic acids is 1. The smallest absolute Gasteiger partial charge is 0.355 e. The molecule has 1 aromatic heterocycles. The summed E-state index contributed by atoms with van der Waals surface area (Å²) in [5, 5.41) is 12.4. The Labute approximate surface area is 124 Å². The lowest BCUT2D eigenvalue weighted by Gasteiger charge is -2.27. The molecule has 1 aliphatic rings. The molecule has 1 fully saturated rings. The monoisotopic (exact) mass is 294 g/mol. The Morgan fingerprint density at radius 1 is 1.38 bits per heavy atom. The van der Waals surface area contributed by atoms with Gasteiger partial charge in [0.15, 0.2) is 0 Å². The van der Waals surface area contributed by atoms with Gasteiger partial charge in [-0.25, -0.2) is 4.79 Å². The third kappa shape index (κ3) is 3.77. The van der Waals surface area contributed by atoms with Crippen molar-refractivity contribution in [3.05, 3.63) is 18.0 Å². The highest BCUT2D eigenvalue weighted by Crippen LogP contribution is 2.27. The molecule has 0 amide bonds. The van der Waals surface area contributed by atoms with E-state index in [0.717, 1.165) is 18.5 Å². The summed E-state index contributed by atoms with van der Waals surface area (Å²) in [6.45, 7) is 2.13. The molecular weight excluding hydrogens is 272 g/mol. The van der Waals surface area contributed by atoms with Gasteiger partial charge in [-0.2, -0.15) is 0 Å². The number of rotatable bonds is 5. The largest absolute Gasteiger partial charge is 0.481 e. The molecule has 6 heteroatoms. The van der Waals surface area contributed by atoms with E-state index >= 15 is 0 Å². The standard InChI is InChI=1S/C15H22N2O4/c1-3-21-15(20)13-8-12(9-17(13)2)16-11-6-4-10(5-7-11)14(18)19/h8-11,16H,3-7H2,1-2H3,(H,18,19). The minimum absolute atomic E-state index is 0.214. The predicted octanol–water partition coefficient (Wildman–Crippen LogP) is 2.26. The number of ether oxygens (including phenoxy) is 1. The van der Waals surface area contributed by atoms with Crippen LogP contribution in [0.3, 0.4) is 0 Å². The van der Waals surface area contributed by atoms with E-state index in [1.807, 2.05) is 6.20 Å². The number of esters is 1. The van der Waals surface area contributed by atoms with Gasteiger partial charge < -0.3 is 19.7 Å². The Kier molecular flexibility index (Phi) is 4.88. The minimum atomic E-state index is -0.697. The molecule has 116 valence electrons. The Morgan fingerprint density at radius 2 is 2.05 bits per heavy atom. The zero-order valence-electron chi connectivity index (χ0n) is 12.5. The number of anilines is 1. The molecule has 1 heterocycles. The topological polar surface area (TPSA) is 80.6 Å². The number of carboxylic acids is 1. The molecule has 1 aliphatic carbocycles. The van der Waals surface area contributed by atoms with E-state index in [4.69, 9.17) is 9.84 Å². The number of aromatic nitrogens is 1. The average molecular weight is 294 g/mol. The summed E-state index contributed by atoms with van der Waals surface area (Å²) in [6.07, 6.45) is 4.92. The van der Waals surface area contributed by atoms with E-state index in [1.54, 1.807) is 24.6 Å². The second-order valence-electron chi connectivity index (χ2n) is 5.48. The van der Waals surface area contributed by atoms with Crippen LogP contribution in [0.4, 0.5) is 5.69 Å². The summed E-state index contributed by atoms with van der Waals surface area (Å²) < 4.78 is 6.74. The third-order valence-electron chi connectivity index (χ3n) is 3.94. The second kappa shape index (κ2) is 6.65. The highest BCUT2D eigenvalue weighted by atomic mass is 16.5. The van der Waals surface area contributed by atoms with Crippen LogP contribution in [-0.4, -0.2) is 34.3 Å². The summed E-state index contributed by atoms with van der Waals surface area (Å²) in [4.78, 5) is 22.7. The Hall–Kier alpha value is -1.98. The molecule has 6 nitrogen and oxygen atoms in total. The molecule has 0 aromatic carbocycles. The number of hydrogen-bond acceptors (Lipinski definition) is 4.